The van der Waals surface area contributed by atoms with E-state index in [9.17, 15) is 4.79 Å². The molecule has 7 heteroatoms. The van der Waals surface area contributed by atoms with Crippen LogP contribution in [0.2, 0.25) is 0 Å². The highest BCUT2D eigenvalue weighted by Crippen LogP contribution is 2.21. The Hall–Kier alpha value is -2.28. The highest BCUT2D eigenvalue weighted by atomic mass is 16.4. The van der Waals surface area contributed by atoms with Crippen LogP contribution >= 0.6 is 0 Å². The number of rotatable bonds is 3. The first kappa shape index (κ1) is 11.8. The second-order valence-corrected chi connectivity index (χ2v) is 4.51. The van der Waals surface area contributed by atoms with Crippen molar-refractivity contribution in [2.24, 2.45) is 0 Å². The topological polar surface area (TPSA) is 92.9 Å². The molecule has 0 saturated carbocycles. The maximum atomic E-state index is 10.9. The molecule has 98 valence electrons. The quantitative estimate of drug-likeness (QED) is 0.825. The molecule has 3 heterocycles. The van der Waals surface area contributed by atoms with E-state index >= 15 is 0 Å². The monoisotopic (exact) mass is 259 g/mol. The summed E-state index contributed by atoms with van der Waals surface area (Å²) in [5.74, 6) is -0.822. The fraction of sp³-hybridized carbons (Fsp3) is 0.333. The Bertz CT molecular complexity index is 583. The van der Waals surface area contributed by atoms with Crippen LogP contribution in [0, 0.1) is 0 Å². The van der Waals surface area contributed by atoms with Crippen molar-refractivity contribution in [3.05, 3.63) is 30.7 Å². The Morgan fingerprint density at radius 3 is 2.89 bits per heavy atom. The number of pyridine rings is 1. The van der Waals surface area contributed by atoms with E-state index in [0.29, 0.717) is 13.0 Å². The van der Waals surface area contributed by atoms with E-state index in [4.69, 9.17) is 5.11 Å². The van der Waals surface area contributed by atoms with Crippen LogP contribution in [0.15, 0.2) is 30.7 Å². The zero-order chi connectivity index (χ0) is 13.2. The molecule has 2 atom stereocenters. The normalized spacial score (nSPS) is 22.5. The van der Waals surface area contributed by atoms with Crippen molar-refractivity contribution < 1.29 is 9.90 Å². The van der Waals surface area contributed by atoms with Gasteiger partial charge in [-0.25, -0.2) is 4.68 Å². The minimum absolute atomic E-state index is 0.0317. The van der Waals surface area contributed by atoms with Gasteiger partial charge >= 0.3 is 5.97 Å². The van der Waals surface area contributed by atoms with E-state index in [0.717, 1.165) is 11.3 Å². The number of aliphatic carboxylic acids is 1. The third-order valence-electron chi connectivity index (χ3n) is 3.27. The van der Waals surface area contributed by atoms with Crippen LogP contribution in [0.5, 0.6) is 0 Å². The first-order valence-electron chi connectivity index (χ1n) is 6.02. The van der Waals surface area contributed by atoms with Crippen LogP contribution < -0.4 is 5.32 Å². The van der Waals surface area contributed by atoms with Gasteiger partial charge in [-0.1, -0.05) is 5.21 Å². The molecule has 2 N–H and O–H groups in total. The van der Waals surface area contributed by atoms with Crippen LogP contribution in [0.25, 0.3) is 11.3 Å². The van der Waals surface area contributed by atoms with Crippen molar-refractivity contribution in [1.82, 2.24) is 25.3 Å². The Morgan fingerprint density at radius 2 is 2.21 bits per heavy atom. The zero-order valence-electron chi connectivity index (χ0n) is 10.1. The third-order valence-corrected chi connectivity index (χ3v) is 3.27. The van der Waals surface area contributed by atoms with Crippen LogP contribution in [0.3, 0.4) is 0 Å². The molecule has 0 aromatic carbocycles. The van der Waals surface area contributed by atoms with Gasteiger partial charge in [-0.15, -0.1) is 5.10 Å². The number of carboxylic acid groups (broad SMARTS) is 1. The van der Waals surface area contributed by atoms with Gasteiger partial charge in [0, 0.05) is 24.5 Å². The van der Waals surface area contributed by atoms with Crippen molar-refractivity contribution in [3.63, 3.8) is 0 Å². The lowest BCUT2D eigenvalue weighted by Gasteiger charge is -2.06. The summed E-state index contributed by atoms with van der Waals surface area (Å²) < 4.78 is 1.73. The first-order valence-corrected chi connectivity index (χ1v) is 6.02. The summed E-state index contributed by atoms with van der Waals surface area (Å²) in [7, 11) is 0. The maximum Gasteiger partial charge on any atom is 0.320 e. The second-order valence-electron chi connectivity index (χ2n) is 4.51. The van der Waals surface area contributed by atoms with Crippen LogP contribution in [-0.4, -0.2) is 43.6 Å². The fourth-order valence-electron chi connectivity index (χ4n) is 2.22. The Balaban J connectivity index is 1.78. The Labute approximate surface area is 109 Å². The summed E-state index contributed by atoms with van der Waals surface area (Å²) in [5.41, 5.74) is 1.71. The highest BCUT2D eigenvalue weighted by Gasteiger charge is 2.30. The van der Waals surface area contributed by atoms with Crippen molar-refractivity contribution >= 4 is 5.97 Å². The molecular formula is C12H13N5O2. The molecule has 1 aliphatic rings. The summed E-state index contributed by atoms with van der Waals surface area (Å²) in [6.45, 7) is 0.593. The molecule has 1 saturated heterocycles. The average Bonchev–Trinajstić information content (AvgIpc) is 3.09. The molecule has 3 rings (SSSR count). The molecule has 1 aliphatic heterocycles. The van der Waals surface area contributed by atoms with Gasteiger partial charge in [0.2, 0.25) is 0 Å². The summed E-state index contributed by atoms with van der Waals surface area (Å²) >= 11 is 0. The van der Waals surface area contributed by atoms with Gasteiger partial charge in [0.15, 0.2) is 0 Å². The van der Waals surface area contributed by atoms with E-state index in [1.54, 1.807) is 17.1 Å². The lowest BCUT2D eigenvalue weighted by Crippen LogP contribution is -2.29. The molecule has 2 aromatic heterocycles. The fourth-order valence-corrected chi connectivity index (χ4v) is 2.22. The summed E-state index contributed by atoms with van der Waals surface area (Å²) in [5, 5.41) is 20.1. The summed E-state index contributed by atoms with van der Waals surface area (Å²) in [4.78, 5) is 14.8. The molecule has 1 fully saturated rings. The smallest absolute Gasteiger partial charge is 0.320 e. The van der Waals surface area contributed by atoms with Crippen molar-refractivity contribution in [2.75, 3.05) is 6.54 Å². The molecule has 19 heavy (non-hydrogen) atoms. The average molecular weight is 259 g/mol. The molecule has 0 radical (unpaired) electrons. The van der Waals surface area contributed by atoms with Crippen molar-refractivity contribution in [2.45, 2.75) is 18.5 Å². The van der Waals surface area contributed by atoms with Crippen LogP contribution in [-0.2, 0) is 4.79 Å². The Morgan fingerprint density at radius 1 is 1.42 bits per heavy atom. The molecule has 0 unspecified atom stereocenters. The van der Waals surface area contributed by atoms with Crippen LogP contribution in [0.1, 0.15) is 12.5 Å². The predicted molar refractivity (Wildman–Crippen MR) is 66.3 cm³/mol. The van der Waals surface area contributed by atoms with E-state index in [1.165, 1.54) is 0 Å². The number of nitrogens with zero attached hydrogens (tertiary/aromatic N) is 4. The number of nitrogens with one attached hydrogen (secondary N) is 1. The minimum atomic E-state index is -0.822. The second kappa shape index (κ2) is 4.77. The molecule has 0 aliphatic carbocycles. The molecule has 7 nitrogen and oxygen atoms in total. The van der Waals surface area contributed by atoms with Gasteiger partial charge in [0.1, 0.15) is 11.7 Å². The van der Waals surface area contributed by atoms with Gasteiger partial charge in [-0.05, 0) is 18.6 Å². The van der Waals surface area contributed by atoms with Gasteiger partial charge < -0.3 is 10.4 Å². The van der Waals surface area contributed by atoms with Gasteiger partial charge in [0.25, 0.3) is 0 Å². The molecule has 2 aromatic rings. The standard InChI is InChI=1S/C12H13N5O2/c18-12(19)10-5-9(6-14-10)17-7-11(15-16-17)8-1-3-13-4-2-8/h1-4,7,9-10,14H,5-6H2,(H,18,19)/t9-,10-/m0/s1. The predicted octanol–water partition coefficient (Wildman–Crippen LogP) is 0.328. The largest absolute Gasteiger partial charge is 0.480 e. The van der Waals surface area contributed by atoms with E-state index in [-0.39, 0.29) is 6.04 Å². The first-order chi connectivity index (χ1) is 9.24. The summed E-state index contributed by atoms with van der Waals surface area (Å²) in [6, 6.07) is 3.26. The molecular weight excluding hydrogens is 246 g/mol. The molecule has 0 bridgehead atoms. The lowest BCUT2D eigenvalue weighted by molar-refractivity contribution is -0.139. The number of carboxylic acids is 1. The van der Waals surface area contributed by atoms with Crippen molar-refractivity contribution in [1.29, 1.82) is 0 Å². The minimum Gasteiger partial charge on any atom is -0.480 e. The third kappa shape index (κ3) is 2.32. The lowest BCUT2D eigenvalue weighted by atomic mass is 10.2. The van der Waals surface area contributed by atoms with Gasteiger partial charge in [0.05, 0.1) is 12.2 Å². The number of carbonyl (C=O) groups is 1. The van der Waals surface area contributed by atoms with E-state index in [1.807, 2.05) is 18.3 Å². The number of hydrogen-bond acceptors (Lipinski definition) is 5. The van der Waals surface area contributed by atoms with Crippen molar-refractivity contribution in [3.8, 4) is 11.3 Å². The highest BCUT2D eigenvalue weighted by molar-refractivity contribution is 5.73. The summed E-state index contributed by atoms with van der Waals surface area (Å²) in [6.07, 6.45) is 5.76. The van der Waals surface area contributed by atoms with E-state index in [2.05, 4.69) is 20.6 Å². The van der Waals surface area contributed by atoms with Crippen LogP contribution in [0.4, 0.5) is 0 Å². The van der Waals surface area contributed by atoms with Gasteiger partial charge in [-0.3, -0.25) is 9.78 Å². The maximum absolute atomic E-state index is 10.9. The zero-order valence-corrected chi connectivity index (χ0v) is 10.1. The Kier molecular flexibility index (Phi) is 2.96. The van der Waals surface area contributed by atoms with Gasteiger partial charge in [-0.2, -0.15) is 0 Å². The molecule has 0 amide bonds. The SMILES string of the molecule is O=C(O)[C@@H]1C[C@H](n2cc(-c3ccncc3)nn2)CN1. The number of hydrogen-bond donors (Lipinski definition) is 2. The molecule has 0 spiro atoms. The number of aromatic nitrogens is 4. The van der Waals surface area contributed by atoms with E-state index < -0.39 is 12.0 Å².